The Morgan fingerprint density at radius 3 is 2.79 bits per heavy atom. The zero-order chi connectivity index (χ0) is 13.9. The molecule has 19 heavy (non-hydrogen) atoms. The molecule has 1 aromatic rings. The van der Waals surface area contributed by atoms with Crippen molar-refractivity contribution in [2.75, 3.05) is 12.0 Å². The highest BCUT2D eigenvalue weighted by Gasteiger charge is 2.29. The van der Waals surface area contributed by atoms with Crippen LogP contribution in [0.1, 0.15) is 43.0 Å². The highest BCUT2D eigenvalue weighted by atomic mass is 35.5. The number of nitrogens with zero attached hydrogens (tertiary/aromatic N) is 1. The number of hydrogen-bond acceptors (Lipinski definition) is 4. The summed E-state index contributed by atoms with van der Waals surface area (Å²) in [5, 5.41) is 3.29. The number of rotatable bonds is 4. The first-order chi connectivity index (χ1) is 9.04. The molecule has 104 valence electrons. The van der Waals surface area contributed by atoms with Crippen LogP contribution in [0.25, 0.3) is 0 Å². The van der Waals surface area contributed by atoms with E-state index in [0.717, 1.165) is 0 Å². The predicted octanol–water partition coefficient (Wildman–Crippen LogP) is 2.33. The van der Waals surface area contributed by atoms with Crippen molar-refractivity contribution in [1.29, 1.82) is 0 Å². The number of carbonyl (C=O) groups is 1. The number of aromatic nitrogens is 1. The monoisotopic (exact) mass is 282 g/mol. The molecule has 1 aromatic heterocycles. The van der Waals surface area contributed by atoms with Gasteiger partial charge in [-0.2, -0.15) is 0 Å². The van der Waals surface area contributed by atoms with E-state index < -0.39 is 0 Å². The molecule has 0 unspecified atom stereocenters. The van der Waals surface area contributed by atoms with Gasteiger partial charge in [-0.1, -0.05) is 31.4 Å². The van der Waals surface area contributed by atoms with E-state index in [9.17, 15) is 4.79 Å². The maximum atomic E-state index is 12.0. The first-order valence-electron chi connectivity index (χ1n) is 6.44. The average Bonchev–Trinajstić information content (AvgIpc) is 2.83. The molecule has 0 saturated heterocycles. The summed E-state index contributed by atoms with van der Waals surface area (Å²) in [6.45, 7) is 2.91. The van der Waals surface area contributed by atoms with Crippen LogP contribution in [0.4, 0.5) is 5.82 Å². The third kappa shape index (κ3) is 3.36. The summed E-state index contributed by atoms with van der Waals surface area (Å²) in [6.07, 6.45) is 6.30. The van der Waals surface area contributed by atoms with Crippen molar-refractivity contribution in [2.45, 2.75) is 32.6 Å². The molecule has 1 amide bonds. The van der Waals surface area contributed by atoms with E-state index in [4.69, 9.17) is 17.4 Å². The van der Waals surface area contributed by atoms with Crippen LogP contribution < -0.4 is 16.6 Å². The standard InChI is InChI=1S/C13H19ClN4O/c1-13(4-2-3-5-13)8-17-12(19)9-6-10(14)11(18-15)16-7-9/h6-7H,2-5,8,15H2,1H3,(H,16,18)(H,17,19). The summed E-state index contributed by atoms with van der Waals surface area (Å²) in [5.41, 5.74) is 3.05. The number of nitrogens with two attached hydrogens (primary N) is 1. The third-order valence-corrected chi connectivity index (χ3v) is 4.01. The van der Waals surface area contributed by atoms with Crippen molar-refractivity contribution in [2.24, 2.45) is 11.3 Å². The van der Waals surface area contributed by atoms with Crippen LogP contribution in [0, 0.1) is 5.41 Å². The lowest BCUT2D eigenvalue weighted by Gasteiger charge is -2.23. The maximum Gasteiger partial charge on any atom is 0.252 e. The van der Waals surface area contributed by atoms with Gasteiger partial charge in [0.2, 0.25) is 0 Å². The molecule has 6 heteroatoms. The van der Waals surface area contributed by atoms with Gasteiger partial charge in [-0.25, -0.2) is 10.8 Å². The van der Waals surface area contributed by atoms with Gasteiger partial charge in [-0.3, -0.25) is 4.79 Å². The molecule has 0 aromatic carbocycles. The van der Waals surface area contributed by atoms with Crippen molar-refractivity contribution < 1.29 is 4.79 Å². The Hall–Kier alpha value is -1.33. The van der Waals surface area contributed by atoms with Gasteiger partial charge in [-0.15, -0.1) is 0 Å². The molecule has 1 fully saturated rings. The lowest BCUT2D eigenvalue weighted by molar-refractivity contribution is 0.0934. The van der Waals surface area contributed by atoms with Crippen LogP contribution >= 0.6 is 11.6 Å². The Morgan fingerprint density at radius 1 is 1.53 bits per heavy atom. The predicted molar refractivity (Wildman–Crippen MR) is 76.0 cm³/mol. The normalized spacial score (nSPS) is 17.2. The SMILES string of the molecule is CC1(CNC(=O)c2cnc(NN)c(Cl)c2)CCCC1. The number of pyridine rings is 1. The highest BCUT2D eigenvalue weighted by Crippen LogP contribution is 2.36. The van der Waals surface area contributed by atoms with Crippen LogP contribution in [0.5, 0.6) is 0 Å². The molecule has 0 atom stereocenters. The van der Waals surface area contributed by atoms with Gasteiger partial charge in [0.25, 0.3) is 5.91 Å². The minimum atomic E-state index is -0.147. The molecular formula is C13H19ClN4O. The number of halogens is 1. The summed E-state index contributed by atoms with van der Waals surface area (Å²) in [5.74, 6) is 5.45. The molecular weight excluding hydrogens is 264 g/mol. The number of carbonyl (C=O) groups excluding carboxylic acids is 1. The molecule has 5 nitrogen and oxygen atoms in total. The Kier molecular flexibility index (Phi) is 4.27. The van der Waals surface area contributed by atoms with E-state index in [0.29, 0.717) is 22.9 Å². The summed E-state index contributed by atoms with van der Waals surface area (Å²) in [6, 6.07) is 1.57. The van der Waals surface area contributed by atoms with Gasteiger partial charge in [0, 0.05) is 12.7 Å². The van der Waals surface area contributed by atoms with Crippen LogP contribution in [0.2, 0.25) is 5.02 Å². The molecule has 1 saturated carbocycles. The van der Waals surface area contributed by atoms with Crippen molar-refractivity contribution in [3.8, 4) is 0 Å². The number of anilines is 1. The summed E-state index contributed by atoms with van der Waals surface area (Å²) >= 11 is 5.94. The van der Waals surface area contributed by atoms with E-state index in [-0.39, 0.29) is 11.3 Å². The van der Waals surface area contributed by atoms with Gasteiger partial charge < -0.3 is 10.7 Å². The zero-order valence-corrected chi connectivity index (χ0v) is 11.8. The second kappa shape index (κ2) is 5.75. The first kappa shape index (κ1) is 14.1. The fraction of sp³-hybridized carbons (Fsp3) is 0.538. The smallest absolute Gasteiger partial charge is 0.252 e. The minimum absolute atomic E-state index is 0.147. The second-order valence-electron chi connectivity index (χ2n) is 5.40. The number of amides is 1. The van der Waals surface area contributed by atoms with Crippen LogP contribution in [-0.4, -0.2) is 17.4 Å². The first-order valence-corrected chi connectivity index (χ1v) is 6.82. The Labute approximate surface area is 117 Å². The maximum absolute atomic E-state index is 12.0. The average molecular weight is 283 g/mol. The number of hydrazine groups is 1. The number of nitrogens with one attached hydrogen (secondary N) is 2. The lowest BCUT2D eigenvalue weighted by Crippen LogP contribution is -2.34. The molecule has 1 aliphatic carbocycles. The molecule has 0 spiro atoms. The van der Waals surface area contributed by atoms with Gasteiger partial charge in [-0.05, 0) is 24.3 Å². The van der Waals surface area contributed by atoms with Gasteiger partial charge in [0.15, 0.2) is 5.82 Å². The Balaban J connectivity index is 1.98. The largest absolute Gasteiger partial charge is 0.351 e. The topological polar surface area (TPSA) is 80.0 Å². The molecule has 1 aliphatic rings. The number of nitrogen functional groups attached to an aromatic ring is 1. The van der Waals surface area contributed by atoms with Gasteiger partial charge in [0.1, 0.15) is 0 Å². The van der Waals surface area contributed by atoms with Gasteiger partial charge >= 0.3 is 0 Å². The van der Waals surface area contributed by atoms with Crippen molar-refractivity contribution in [3.63, 3.8) is 0 Å². The summed E-state index contributed by atoms with van der Waals surface area (Å²) in [7, 11) is 0. The van der Waals surface area contributed by atoms with Gasteiger partial charge in [0.05, 0.1) is 10.6 Å². The third-order valence-electron chi connectivity index (χ3n) is 3.73. The molecule has 1 heterocycles. The minimum Gasteiger partial charge on any atom is -0.351 e. The van der Waals surface area contributed by atoms with E-state index in [1.54, 1.807) is 6.07 Å². The lowest BCUT2D eigenvalue weighted by atomic mass is 9.89. The molecule has 0 aliphatic heterocycles. The molecule has 4 N–H and O–H groups in total. The Bertz CT molecular complexity index is 472. The van der Waals surface area contributed by atoms with E-state index in [2.05, 4.69) is 22.7 Å². The van der Waals surface area contributed by atoms with Crippen LogP contribution in [-0.2, 0) is 0 Å². The van der Waals surface area contributed by atoms with E-state index in [1.807, 2.05) is 0 Å². The Morgan fingerprint density at radius 2 is 2.21 bits per heavy atom. The molecule has 0 radical (unpaired) electrons. The number of hydrogen-bond donors (Lipinski definition) is 3. The van der Waals surface area contributed by atoms with E-state index in [1.165, 1.54) is 31.9 Å². The second-order valence-corrected chi connectivity index (χ2v) is 5.81. The van der Waals surface area contributed by atoms with Crippen molar-refractivity contribution in [1.82, 2.24) is 10.3 Å². The molecule has 0 bridgehead atoms. The van der Waals surface area contributed by atoms with Crippen molar-refractivity contribution >= 4 is 23.3 Å². The van der Waals surface area contributed by atoms with Crippen molar-refractivity contribution in [3.05, 3.63) is 22.8 Å². The van der Waals surface area contributed by atoms with Crippen LogP contribution in [0.3, 0.4) is 0 Å². The summed E-state index contributed by atoms with van der Waals surface area (Å²) in [4.78, 5) is 16.0. The quantitative estimate of drug-likeness (QED) is 0.585. The van der Waals surface area contributed by atoms with E-state index >= 15 is 0 Å². The summed E-state index contributed by atoms with van der Waals surface area (Å²) < 4.78 is 0. The fourth-order valence-corrected chi connectivity index (χ4v) is 2.69. The fourth-order valence-electron chi connectivity index (χ4n) is 2.47. The zero-order valence-electron chi connectivity index (χ0n) is 11.0. The highest BCUT2D eigenvalue weighted by molar-refractivity contribution is 6.33. The molecule has 2 rings (SSSR count). The van der Waals surface area contributed by atoms with Crippen LogP contribution in [0.15, 0.2) is 12.3 Å².